The van der Waals surface area contributed by atoms with E-state index in [1.54, 1.807) is 0 Å². The number of hydrogen-bond donors (Lipinski definition) is 0. The van der Waals surface area contributed by atoms with Gasteiger partial charge in [-0.2, -0.15) is 0 Å². The molecule has 2 aromatic heterocycles. The number of hydrogen-bond acceptors (Lipinski definition) is 3. The van der Waals surface area contributed by atoms with Gasteiger partial charge in [-0.15, -0.1) is 0 Å². The van der Waals surface area contributed by atoms with Crippen molar-refractivity contribution in [3.8, 4) is 56.3 Å². The molecule has 10 aromatic rings. The maximum Gasteiger partial charge on any atom is 0.434 e. The van der Waals surface area contributed by atoms with Gasteiger partial charge in [-0.25, -0.2) is 0 Å². The third-order valence-electron chi connectivity index (χ3n) is 11.1. The molecule has 0 N–H and O–H groups in total. The second kappa shape index (κ2) is 10.8. The maximum absolute atomic E-state index is 7.09. The minimum atomic E-state index is -0.338. The van der Waals surface area contributed by atoms with Crippen LogP contribution in [0.3, 0.4) is 0 Å². The Hall–Kier alpha value is -6.98. The Morgan fingerprint density at radius 2 is 1.09 bits per heavy atom. The van der Waals surface area contributed by atoms with E-state index in [0.717, 1.165) is 89.2 Å². The molecule has 8 aromatic carbocycles. The molecule has 0 bridgehead atoms. The SMILES string of the molecule is c1ccc(-n2c3ccccc3c3ccccc32)c(-c2ccc3c(c2)B2Oc4cc(-c5cccc6c5oc5ccccc56)ccc4-c4cccc(c42)O3)c1. The fourth-order valence-electron chi connectivity index (χ4n) is 8.75. The van der Waals surface area contributed by atoms with E-state index in [0.29, 0.717) is 0 Å². The zero-order valence-corrected chi connectivity index (χ0v) is 28.4. The largest absolute Gasteiger partial charge is 0.551 e. The second-order valence-electron chi connectivity index (χ2n) is 13.9. The van der Waals surface area contributed by atoms with Gasteiger partial charge >= 0.3 is 6.92 Å². The molecule has 4 nitrogen and oxygen atoms in total. The van der Waals surface area contributed by atoms with Gasteiger partial charge in [0.25, 0.3) is 0 Å². The molecule has 0 unspecified atom stereocenters. The molecule has 0 amide bonds. The van der Waals surface area contributed by atoms with Gasteiger partial charge in [-0.1, -0.05) is 127 Å². The van der Waals surface area contributed by atoms with E-state index >= 15 is 0 Å². The molecule has 12 rings (SSSR count). The van der Waals surface area contributed by atoms with Crippen LogP contribution in [0.15, 0.2) is 174 Å². The van der Waals surface area contributed by atoms with Crippen molar-refractivity contribution < 1.29 is 13.8 Å². The average Bonchev–Trinajstić information content (AvgIpc) is 3.77. The molecule has 0 fully saturated rings. The summed E-state index contributed by atoms with van der Waals surface area (Å²) in [5.41, 5.74) is 13.9. The van der Waals surface area contributed by atoms with Crippen molar-refractivity contribution in [3.05, 3.63) is 170 Å². The summed E-state index contributed by atoms with van der Waals surface area (Å²) < 4.78 is 22.5. The van der Waals surface area contributed by atoms with E-state index in [9.17, 15) is 0 Å². The van der Waals surface area contributed by atoms with Gasteiger partial charge in [0.05, 0.1) is 16.7 Å². The number of nitrogens with zero attached hydrogens (tertiary/aromatic N) is 1. The summed E-state index contributed by atoms with van der Waals surface area (Å²) in [6.45, 7) is -0.338. The highest BCUT2D eigenvalue weighted by Gasteiger charge is 2.41. The second-order valence-corrected chi connectivity index (χ2v) is 13.9. The van der Waals surface area contributed by atoms with Gasteiger partial charge in [0.15, 0.2) is 0 Å². The summed E-state index contributed by atoms with van der Waals surface area (Å²) in [6.07, 6.45) is 0. The first-order chi connectivity index (χ1) is 26.3. The summed E-state index contributed by atoms with van der Waals surface area (Å²) in [5, 5.41) is 4.71. The highest BCUT2D eigenvalue weighted by molar-refractivity contribution is 6.84. The number of aromatic nitrogens is 1. The molecule has 0 saturated carbocycles. The maximum atomic E-state index is 7.09. The van der Waals surface area contributed by atoms with Gasteiger partial charge in [0.2, 0.25) is 0 Å². The molecule has 4 heterocycles. The van der Waals surface area contributed by atoms with Crippen molar-refractivity contribution in [1.29, 1.82) is 0 Å². The first-order valence-corrected chi connectivity index (χ1v) is 18.0. The third-order valence-corrected chi connectivity index (χ3v) is 11.1. The molecule has 0 atom stereocenters. The van der Waals surface area contributed by atoms with E-state index in [2.05, 4.69) is 156 Å². The molecule has 2 aliphatic heterocycles. The number of ether oxygens (including phenoxy) is 1. The summed E-state index contributed by atoms with van der Waals surface area (Å²) in [4.78, 5) is 0. The van der Waals surface area contributed by atoms with Crippen LogP contribution in [0.5, 0.6) is 17.2 Å². The Balaban J connectivity index is 1.01. The van der Waals surface area contributed by atoms with E-state index in [4.69, 9.17) is 13.8 Å². The zero-order valence-electron chi connectivity index (χ0n) is 28.4. The number of benzene rings is 8. The lowest BCUT2D eigenvalue weighted by molar-refractivity contribution is 0.479. The number of fused-ring (bicyclic) bond motifs is 10. The van der Waals surface area contributed by atoms with Gasteiger partial charge in [0.1, 0.15) is 28.4 Å². The lowest BCUT2D eigenvalue weighted by atomic mass is 9.50. The number of rotatable bonds is 3. The van der Waals surface area contributed by atoms with Crippen molar-refractivity contribution >= 4 is 61.6 Å². The van der Waals surface area contributed by atoms with Crippen LogP contribution in [-0.2, 0) is 0 Å². The molecule has 246 valence electrons. The predicted octanol–water partition coefficient (Wildman–Crippen LogP) is 11.3. The van der Waals surface area contributed by atoms with E-state index in [1.807, 2.05) is 18.2 Å². The van der Waals surface area contributed by atoms with E-state index < -0.39 is 0 Å². The Bertz CT molecular complexity index is 3100. The standard InChI is InChI=1S/C48H28BNO3/c1-5-18-40(50-41-19-6-2-12-33(41)34-13-3-7-20-42(34)50)31(11-1)29-24-26-44-39(27-29)49-47-37(16-10-22-45(47)51-44)36-25-23-30(28-46(36)53-49)32-15-9-17-38-35-14-4-8-21-43(35)52-48(32)38/h1-28H. The van der Waals surface area contributed by atoms with Crippen molar-refractivity contribution in [2.24, 2.45) is 0 Å². The Kier molecular flexibility index (Phi) is 5.83. The quantitative estimate of drug-likeness (QED) is 0.175. The first-order valence-electron chi connectivity index (χ1n) is 18.0. The van der Waals surface area contributed by atoms with Crippen LogP contribution in [-0.4, -0.2) is 11.5 Å². The van der Waals surface area contributed by atoms with Gasteiger partial charge in [0, 0.05) is 49.2 Å². The van der Waals surface area contributed by atoms with Crippen LogP contribution in [0, 0.1) is 0 Å². The van der Waals surface area contributed by atoms with Crippen molar-refractivity contribution in [2.45, 2.75) is 0 Å². The Labute approximate surface area is 305 Å². The smallest absolute Gasteiger partial charge is 0.434 e. The predicted molar refractivity (Wildman–Crippen MR) is 217 cm³/mol. The normalized spacial score (nSPS) is 12.8. The highest BCUT2D eigenvalue weighted by Crippen LogP contribution is 2.44. The summed E-state index contributed by atoms with van der Waals surface area (Å²) in [7, 11) is 0. The van der Waals surface area contributed by atoms with Crippen LogP contribution in [0.4, 0.5) is 0 Å². The van der Waals surface area contributed by atoms with Gasteiger partial charge in [-0.05, 0) is 59.2 Å². The number of para-hydroxylation sites is 5. The Morgan fingerprint density at radius 1 is 0.434 bits per heavy atom. The van der Waals surface area contributed by atoms with Crippen molar-refractivity contribution in [3.63, 3.8) is 0 Å². The summed E-state index contributed by atoms with van der Waals surface area (Å²) in [6, 6.07) is 59.9. The third kappa shape index (κ3) is 4.07. The molecule has 0 aliphatic carbocycles. The first kappa shape index (κ1) is 28.7. The van der Waals surface area contributed by atoms with Gasteiger partial charge < -0.3 is 18.4 Å². The van der Waals surface area contributed by atoms with Crippen LogP contribution in [0.1, 0.15) is 0 Å². The molecule has 53 heavy (non-hydrogen) atoms. The molecule has 0 radical (unpaired) electrons. The summed E-state index contributed by atoms with van der Waals surface area (Å²) >= 11 is 0. The lowest BCUT2D eigenvalue weighted by Crippen LogP contribution is -2.53. The minimum absolute atomic E-state index is 0.338. The molecule has 5 heteroatoms. The van der Waals surface area contributed by atoms with Gasteiger partial charge in [-0.3, -0.25) is 0 Å². The molecular weight excluding hydrogens is 649 g/mol. The summed E-state index contributed by atoms with van der Waals surface area (Å²) in [5.74, 6) is 2.48. The fourth-order valence-corrected chi connectivity index (χ4v) is 8.75. The topological polar surface area (TPSA) is 36.5 Å². The molecule has 0 saturated heterocycles. The van der Waals surface area contributed by atoms with Crippen molar-refractivity contribution in [1.82, 2.24) is 4.57 Å². The zero-order chi connectivity index (χ0) is 34.6. The highest BCUT2D eigenvalue weighted by atomic mass is 16.5. The van der Waals surface area contributed by atoms with Crippen molar-refractivity contribution in [2.75, 3.05) is 0 Å². The van der Waals surface area contributed by atoms with Crippen LogP contribution >= 0.6 is 0 Å². The Morgan fingerprint density at radius 3 is 1.96 bits per heavy atom. The molecular formula is C48H28BNO3. The van der Waals surface area contributed by atoms with Crippen LogP contribution in [0.2, 0.25) is 0 Å². The molecule has 2 aliphatic rings. The lowest BCUT2D eigenvalue weighted by Gasteiger charge is -2.33. The van der Waals surface area contributed by atoms with E-state index in [-0.39, 0.29) is 6.92 Å². The van der Waals surface area contributed by atoms with Crippen LogP contribution in [0.25, 0.3) is 82.8 Å². The monoisotopic (exact) mass is 677 g/mol. The van der Waals surface area contributed by atoms with Crippen LogP contribution < -0.4 is 20.3 Å². The number of furan rings is 1. The fraction of sp³-hybridized carbons (Fsp3) is 0. The van der Waals surface area contributed by atoms with E-state index in [1.165, 1.54) is 21.8 Å². The average molecular weight is 678 g/mol. The molecule has 0 spiro atoms. The minimum Gasteiger partial charge on any atom is -0.551 e.